The van der Waals surface area contributed by atoms with Crippen molar-refractivity contribution in [3.63, 3.8) is 0 Å². The molecule has 1 aromatic rings. The lowest BCUT2D eigenvalue weighted by Gasteiger charge is -2.33. The molecule has 5 nitrogen and oxygen atoms in total. The van der Waals surface area contributed by atoms with Gasteiger partial charge in [-0.1, -0.05) is 30.3 Å². The molecule has 0 aromatic heterocycles. The van der Waals surface area contributed by atoms with Crippen LogP contribution in [-0.4, -0.2) is 41.8 Å². The summed E-state index contributed by atoms with van der Waals surface area (Å²) in [6, 6.07) is 9.59. The third-order valence-electron chi connectivity index (χ3n) is 3.59. The molecule has 2 rings (SSSR count). The van der Waals surface area contributed by atoms with Gasteiger partial charge in [0.05, 0.1) is 0 Å². The maximum atomic E-state index is 12.0. The molecular formula is C19H25NO4. The fraction of sp³-hybridized carbons (Fsp3) is 0.474. The predicted octanol–water partition coefficient (Wildman–Crippen LogP) is 3.64. The summed E-state index contributed by atoms with van der Waals surface area (Å²) < 4.78 is 10.8. The number of carbonyl (C=O) groups is 2. The number of rotatable bonds is 3. The molecule has 0 N–H and O–H groups in total. The van der Waals surface area contributed by atoms with E-state index in [-0.39, 0.29) is 18.2 Å². The molecule has 0 radical (unpaired) electrons. The fourth-order valence-electron chi connectivity index (χ4n) is 2.41. The minimum atomic E-state index is -0.497. The van der Waals surface area contributed by atoms with Crippen LogP contribution in [0.4, 0.5) is 4.79 Å². The molecule has 0 aliphatic carbocycles. The van der Waals surface area contributed by atoms with E-state index in [1.807, 2.05) is 51.1 Å². The Morgan fingerprint density at radius 1 is 1.12 bits per heavy atom. The molecule has 24 heavy (non-hydrogen) atoms. The third kappa shape index (κ3) is 6.07. The first kappa shape index (κ1) is 18.0. The Hall–Kier alpha value is -2.30. The van der Waals surface area contributed by atoms with Gasteiger partial charge in [-0.25, -0.2) is 9.59 Å². The van der Waals surface area contributed by atoms with Crippen molar-refractivity contribution in [2.24, 2.45) is 0 Å². The van der Waals surface area contributed by atoms with Gasteiger partial charge in [0.2, 0.25) is 0 Å². The molecular weight excluding hydrogens is 306 g/mol. The van der Waals surface area contributed by atoms with E-state index < -0.39 is 5.60 Å². The van der Waals surface area contributed by atoms with Crippen molar-refractivity contribution >= 4 is 18.1 Å². The van der Waals surface area contributed by atoms with Crippen molar-refractivity contribution in [2.45, 2.75) is 45.3 Å². The highest BCUT2D eigenvalue weighted by Gasteiger charge is 2.28. The number of hydrogen-bond donors (Lipinski definition) is 0. The molecule has 1 heterocycles. The van der Waals surface area contributed by atoms with Gasteiger partial charge >= 0.3 is 12.1 Å². The van der Waals surface area contributed by atoms with Crippen LogP contribution < -0.4 is 0 Å². The Kier molecular flexibility index (Phi) is 6.01. The summed E-state index contributed by atoms with van der Waals surface area (Å²) in [5.41, 5.74) is 0.456. The van der Waals surface area contributed by atoms with Crippen molar-refractivity contribution in [2.75, 3.05) is 13.1 Å². The molecule has 5 heteroatoms. The lowest BCUT2D eigenvalue weighted by Crippen LogP contribution is -2.43. The molecule has 130 valence electrons. The number of hydrogen-bond acceptors (Lipinski definition) is 4. The Morgan fingerprint density at radius 2 is 1.75 bits per heavy atom. The Morgan fingerprint density at radius 3 is 2.33 bits per heavy atom. The van der Waals surface area contributed by atoms with Crippen molar-refractivity contribution in [1.29, 1.82) is 0 Å². The Labute approximate surface area is 143 Å². The van der Waals surface area contributed by atoms with E-state index in [0.29, 0.717) is 25.9 Å². The SMILES string of the molecule is CC(C)(C)OC(=O)N1CCC(OC(=O)/C=C/c2ccccc2)CC1. The van der Waals surface area contributed by atoms with Gasteiger partial charge in [0, 0.05) is 32.0 Å². The second kappa shape index (κ2) is 7.99. The van der Waals surface area contributed by atoms with E-state index in [2.05, 4.69) is 0 Å². The van der Waals surface area contributed by atoms with Crippen LogP contribution in [0.25, 0.3) is 6.08 Å². The van der Waals surface area contributed by atoms with E-state index in [4.69, 9.17) is 9.47 Å². The number of likely N-dealkylation sites (tertiary alicyclic amines) is 1. The number of esters is 1. The fourth-order valence-corrected chi connectivity index (χ4v) is 2.41. The quantitative estimate of drug-likeness (QED) is 0.627. The molecule has 0 unspecified atom stereocenters. The van der Waals surface area contributed by atoms with Gasteiger partial charge in [0.1, 0.15) is 11.7 Å². The number of benzene rings is 1. The summed E-state index contributed by atoms with van der Waals surface area (Å²) >= 11 is 0. The normalized spacial score (nSPS) is 16.2. The van der Waals surface area contributed by atoms with Crippen LogP contribution in [0.15, 0.2) is 36.4 Å². The maximum Gasteiger partial charge on any atom is 0.410 e. The first-order valence-electron chi connectivity index (χ1n) is 8.25. The van der Waals surface area contributed by atoms with Gasteiger partial charge < -0.3 is 14.4 Å². The first-order chi connectivity index (χ1) is 11.3. The second-order valence-electron chi connectivity index (χ2n) is 6.85. The average molecular weight is 331 g/mol. The van der Waals surface area contributed by atoms with Crippen LogP contribution in [0.5, 0.6) is 0 Å². The molecule has 1 aliphatic rings. The monoisotopic (exact) mass is 331 g/mol. The molecule has 1 aromatic carbocycles. The third-order valence-corrected chi connectivity index (χ3v) is 3.59. The van der Waals surface area contributed by atoms with Gasteiger partial charge in [0.15, 0.2) is 0 Å². The Bertz CT molecular complexity index is 581. The van der Waals surface area contributed by atoms with E-state index >= 15 is 0 Å². The average Bonchev–Trinajstić information content (AvgIpc) is 2.53. The predicted molar refractivity (Wildman–Crippen MR) is 92.4 cm³/mol. The highest BCUT2D eigenvalue weighted by atomic mass is 16.6. The van der Waals surface area contributed by atoms with Crippen molar-refractivity contribution < 1.29 is 19.1 Å². The summed E-state index contributed by atoms with van der Waals surface area (Å²) in [5, 5.41) is 0. The highest BCUT2D eigenvalue weighted by molar-refractivity contribution is 5.87. The van der Waals surface area contributed by atoms with Crippen molar-refractivity contribution in [3.8, 4) is 0 Å². The van der Waals surface area contributed by atoms with Gasteiger partial charge in [-0.05, 0) is 32.4 Å². The molecule has 0 saturated carbocycles. The van der Waals surface area contributed by atoms with Crippen LogP contribution in [0, 0.1) is 0 Å². The van der Waals surface area contributed by atoms with Crippen molar-refractivity contribution in [3.05, 3.63) is 42.0 Å². The summed E-state index contributed by atoms with van der Waals surface area (Å²) in [5.74, 6) is -0.352. The van der Waals surface area contributed by atoms with E-state index in [0.717, 1.165) is 5.56 Å². The lowest BCUT2D eigenvalue weighted by molar-refractivity contribution is -0.144. The van der Waals surface area contributed by atoms with E-state index in [1.54, 1.807) is 11.0 Å². The molecule has 1 fully saturated rings. The topological polar surface area (TPSA) is 55.8 Å². The summed E-state index contributed by atoms with van der Waals surface area (Å²) in [4.78, 5) is 25.5. The molecule has 0 atom stereocenters. The smallest absolute Gasteiger partial charge is 0.410 e. The van der Waals surface area contributed by atoms with Crippen LogP contribution >= 0.6 is 0 Å². The molecule has 1 aliphatic heterocycles. The zero-order valence-corrected chi connectivity index (χ0v) is 14.5. The van der Waals surface area contributed by atoms with E-state index in [1.165, 1.54) is 6.08 Å². The summed E-state index contributed by atoms with van der Waals surface area (Å²) in [6.45, 7) is 6.61. The first-order valence-corrected chi connectivity index (χ1v) is 8.25. The highest BCUT2D eigenvalue weighted by Crippen LogP contribution is 2.17. The standard InChI is InChI=1S/C19H25NO4/c1-19(2,3)24-18(22)20-13-11-16(12-14-20)23-17(21)10-9-15-7-5-4-6-8-15/h4-10,16H,11-14H2,1-3H3/b10-9+. The summed E-state index contributed by atoms with van der Waals surface area (Å²) in [6.07, 6.45) is 3.97. The number of nitrogens with zero attached hydrogens (tertiary/aromatic N) is 1. The van der Waals surface area contributed by atoms with Gasteiger partial charge in [-0.2, -0.15) is 0 Å². The second-order valence-corrected chi connectivity index (χ2v) is 6.85. The maximum absolute atomic E-state index is 12.0. The van der Waals surface area contributed by atoms with Crippen LogP contribution in [-0.2, 0) is 14.3 Å². The minimum Gasteiger partial charge on any atom is -0.459 e. The Balaban J connectivity index is 1.75. The number of carbonyl (C=O) groups excluding carboxylic acids is 2. The van der Waals surface area contributed by atoms with Crippen LogP contribution in [0.3, 0.4) is 0 Å². The number of piperidine rings is 1. The zero-order chi connectivity index (χ0) is 17.6. The number of amides is 1. The van der Waals surface area contributed by atoms with Crippen molar-refractivity contribution in [1.82, 2.24) is 4.90 Å². The molecule has 0 spiro atoms. The van der Waals surface area contributed by atoms with Crippen LogP contribution in [0.1, 0.15) is 39.2 Å². The van der Waals surface area contributed by atoms with Crippen LogP contribution in [0.2, 0.25) is 0 Å². The molecule has 1 saturated heterocycles. The van der Waals surface area contributed by atoms with E-state index in [9.17, 15) is 9.59 Å². The van der Waals surface area contributed by atoms with Gasteiger partial charge in [-0.3, -0.25) is 0 Å². The zero-order valence-electron chi connectivity index (χ0n) is 14.5. The number of ether oxygens (including phenoxy) is 2. The molecule has 0 bridgehead atoms. The largest absolute Gasteiger partial charge is 0.459 e. The van der Waals surface area contributed by atoms with Gasteiger partial charge in [-0.15, -0.1) is 0 Å². The van der Waals surface area contributed by atoms with Gasteiger partial charge in [0.25, 0.3) is 0 Å². The molecule has 1 amide bonds. The minimum absolute atomic E-state index is 0.156. The lowest BCUT2D eigenvalue weighted by atomic mass is 10.1. The summed E-state index contributed by atoms with van der Waals surface area (Å²) in [7, 11) is 0.